The molecule has 3 unspecified atom stereocenters. The lowest BCUT2D eigenvalue weighted by Gasteiger charge is -2.44. The lowest BCUT2D eigenvalue weighted by molar-refractivity contribution is -0.0403. The van der Waals surface area contributed by atoms with Gasteiger partial charge in [-0.05, 0) is 36.6 Å². The van der Waals surface area contributed by atoms with Crippen LogP contribution in [0.3, 0.4) is 0 Å². The fourth-order valence-corrected chi connectivity index (χ4v) is 5.06. The SMILES string of the molecule is CC.CCC.COc1cc(C2c3cc4c(cc3OC(N3CCCCC3)C2C)OCO4)cc(ON)c1O. The van der Waals surface area contributed by atoms with Gasteiger partial charge in [0.1, 0.15) is 5.75 Å². The van der Waals surface area contributed by atoms with Crippen molar-refractivity contribution in [3.8, 4) is 34.5 Å². The Kier molecular flexibility index (Phi) is 9.96. The fraction of sp³-hybridized carbons (Fsp3) is 0.571. The van der Waals surface area contributed by atoms with Crippen molar-refractivity contribution < 1.29 is 28.9 Å². The second kappa shape index (κ2) is 12.9. The Morgan fingerprint density at radius 1 is 0.972 bits per heavy atom. The van der Waals surface area contributed by atoms with Crippen LogP contribution in [-0.4, -0.2) is 43.2 Å². The van der Waals surface area contributed by atoms with Crippen LogP contribution in [0, 0.1) is 5.92 Å². The van der Waals surface area contributed by atoms with E-state index in [1.54, 1.807) is 6.07 Å². The number of aromatic hydroxyl groups is 1. The van der Waals surface area contributed by atoms with Gasteiger partial charge in [0, 0.05) is 36.6 Å². The van der Waals surface area contributed by atoms with Gasteiger partial charge in [-0.25, -0.2) is 0 Å². The summed E-state index contributed by atoms with van der Waals surface area (Å²) in [5.41, 5.74) is 1.92. The van der Waals surface area contributed by atoms with Crippen molar-refractivity contribution in [1.29, 1.82) is 0 Å². The Balaban J connectivity index is 0.000000674. The van der Waals surface area contributed by atoms with Crippen LogP contribution in [0.25, 0.3) is 0 Å². The standard InChI is InChI=1S/C23H28N2O6.C3H8.C2H6/c1-13-21(14-8-19(27-2)22(26)20(9-14)31-24)15-10-17-18(29-12-28-17)11-16(15)30-23(13)25-6-4-3-5-7-25;1-3-2;1-2/h8-11,13,21,23,26H,3-7,12,24H2,1-2H3;3H2,1-2H3;1-2H3. The minimum Gasteiger partial charge on any atom is -0.502 e. The summed E-state index contributed by atoms with van der Waals surface area (Å²) >= 11 is 0. The van der Waals surface area contributed by atoms with E-state index >= 15 is 0 Å². The maximum absolute atomic E-state index is 10.4. The van der Waals surface area contributed by atoms with Gasteiger partial charge in [-0.3, -0.25) is 4.90 Å². The molecule has 3 heterocycles. The van der Waals surface area contributed by atoms with Crippen LogP contribution >= 0.6 is 0 Å². The lowest BCUT2D eigenvalue weighted by Crippen LogP contribution is -2.50. The molecule has 2 aromatic rings. The van der Waals surface area contributed by atoms with Crippen molar-refractivity contribution in [3.05, 3.63) is 35.4 Å². The number of methoxy groups -OCH3 is 1. The van der Waals surface area contributed by atoms with E-state index in [4.69, 9.17) is 29.7 Å². The van der Waals surface area contributed by atoms with Crippen LogP contribution in [0.4, 0.5) is 0 Å². The largest absolute Gasteiger partial charge is 0.502 e. The van der Waals surface area contributed by atoms with E-state index in [1.165, 1.54) is 32.8 Å². The van der Waals surface area contributed by atoms with E-state index in [2.05, 4.69) is 25.7 Å². The average Bonchev–Trinajstić information content (AvgIpc) is 3.37. The van der Waals surface area contributed by atoms with Gasteiger partial charge in [0.2, 0.25) is 12.5 Å². The summed E-state index contributed by atoms with van der Waals surface area (Å²) in [6.07, 6.45) is 4.76. The minimum absolute atomic E-state index is 0.0476. The summed E-state index contributed by atoms with van der Waals surface area (Å²) in [6, 6.07) is 7.52. The highest BCUT2D eigenvalue weighted by Gasteiger charge is 2.41. The molecule has 3 atom stereocenters. The third kappa shape index (κ3) is 5.60. The Hall–Kier alpha value is -2.84. The number of fused-ring (bicyclic) bond motifs is 2. The highest BCUT2D eigenvalue weighted by molar-refractivity contribution is 5.59. The molecule has 5 rings (SSSR count). The zero-order valence-corrected chi connectivity index (χ0v) is 22.5. The van der Waals surface area contributed by atoms with Crippen molar-refractivity contribution in [2.45, 2.75) is 72.4 Å². The topological polar surface area (TPSA) is 95.6 Å². The summed E-state index contributed by atoms with van der Waals surface area (Å²) in [5, 5.41) is 10.4. The summed E-state index contributed by atoms with van der Waals surface area (Å²) in [7, 11) is 1.51. The molecule has 3 N–H and O–H groups in total. The summed E-state index contributed by atoms with van der Waals surface area (Å²) < 4.78 is 23.2. The smallest absolute Gasteiger partial charge is 0.231 e. The van der Waals surface area contributed by atoms with Crippen molar-refractivity contribution in [2.75, 3.05) is 27.0 Å². The second-order valence-electron chi connectivity index (χ2n) is 9.08. The molecule has 8 heteroatoms. The van der Waals surface area contributed by atoms with Crippen LogP contribution in [0.2, 0.25) is 0 Å². The molecule has 0 bridgehead atoms. The molecule has 0 aromatic heterocycles. The molecule has 0 saturated carbocycles. The van der Waals surface area contributed by atoms with Crippen molar-refractivity contribution >= 4 is 0 Å². The number of benzene rings is 2. The zero-order valence-electron chi connectivity index (χ0n) is 22.5. The lowest BCUT2D eigenvalue weighted by atomic mass is 9.77. The van der Waals surface area contributed by atoms with E-state index < -0.39 is 0 Å². The molecule has 200 valence electrons. The molecule has 0 amide bonds. The number of hydrogen-bond donors (Lipinski definition) is 2. The van der Waals surface area contributed by atoms with Gasteiger partial charge in [-0.15, -0.1) is 0 Å². The molecule has 0 aliphatic carbocycles. The third-order valence-electron chi connectivity index (χ3n) is 6.58. The van der Waals surface area contributed by atoms with Crippen LogP contribution in [0.5, 0.6) is 34.5 Å². The van der Waals surface area contributed by atoms with Gasteiger partial charge < -0.3 is 28.9 Å². The molecule has 3 aliphatic heterocycles. The molecule has 1 fully saturated rings. The number of ether oxygens (including phenoxy) is 4. The molecule has 0 spiro atoms. The molecule has 36 heavy (non-hydrogen) atoms. The Morgan fingerprint density at radius 3 is 2.19 bits per heavy atom. The maximum atomic E-state index is 10.4. The third-order valence-corrected chi connectivity index (χ3v) is 6.58. The number of phenols is 1. The quantitative estimate of drug-likeness (QED) is 0.507. The molecular formula is C28H42N2O6. The van der Waals surface area contributed by atoms with E-state index in [0.717, 1.165) is 30.0 Å². The highest BCUT2D eigenvalue weighted by Crippen LogP contribution is 2.51. The van der Waals surface area contributed by atoms with Gasteiger partial charge in [-0.2, -0.15) is 5.90 Å². The van der Waals surface area contributed by atoms with E-state index in [9.17, 15) is 5.11 Å². The normalized spacial score (nSPS) is 22.1. The Labute approximate surface area is 215 Å². The van der Waals surface area contributed by atoms with Crippen LogP contribution in [0.1, 0.15) is 77.3 Å². The van der Waals surface area contributed by atoms with Crippen LogP contribution in [-0.2, 0) is 0 Å². The van der Waals surface area contributed by atoms with Gasteiger partial charge in [0.25, 0.3) is 0 Å². The van der Waals surface area contributed by atoms with E-state index in [1.807, 2.05) is 32.0 Å². The molecule has 3 aliphatic rings. The number of likely N-dealkylation sites (tertiary alicyclic amines) is 1. The van der Waals surface area contributed by atoms with Crippen molar-refractivity contribution in [1.82, 2.24) is 4.90 Å². The first-order valence-corrected chi connectivity index (χ1v) is 13.1. The van der Waals surface area contributed by atoms with Gasteiger partial charge >= 0.3 is 0 Å². The number of nitrogens with zero attached hydrogens (tertiary/aromatic N) is 1. The van der Waals surface area contributed by atoms with Gasteiger partial charge in [0.15, 0.2) is 29.2 Å². The molecule has 2 aromatic carbocycles. The monoisotopic (exact) mass is 502 g/mol. The summed E-state index contributed by atoms with van der Waals surface area (Å²) in [5.74, 6) is 8.05. The predicted octanol–water partition coefficient (Wildman–Crippen LogP) is 5.80. The number of hydrogen-bond acceptors (Lipinski definition) is 8. The average molecular weight is 503 g/mol. The van der Waals surface area contributed by atoms with Crippen molar-refractivity contribution in [3.63, 3.8) is 0 Å². The van der Waals surface area contributed by atoms with Crippen LogP contribution < -0.4 is 29.7 Å². The van der Waals surface area contributed by atoms with E-state index in [-0.39, 0.29) is 36.4 Å². The number of phenolic OH excluding ortho intramolecular Hbond substituents is 1. The van der Waals surface area contributed by atoms with E-state index in [0.29, 0.717) is 17.2 Å². The Bertz CT molecular complexity index is 967. The summed E-state index contributed by atoms with van der Waals surface area (Å²) in [4.78, 5) is 7.37. The second-order valence-corrected chi connectivity index (χ2v) is 9.08. The molecule has 8 nitrogen and oxygen atoms in total. The maximum Gasteiger partial charge on any atom is 0.231 e. The number of rotatable bonds is 4. The predicted molar refractivity (Wildman–Crippen MR) is 140 cm³/mol. The van der Waals surface area contributed by atoms with Gasteiger partial charge in [-0.1, -0.05) is 47.5 Å². The molecule has 1 saturated heterocycles. The first-order chi connectivity index (χ1) is 17.5. The summed E-state index contributed by atoms with van der Waals surface area (Å²) in [6.45, 7) is 12.7. The zero-order chi connectivity index (χ0) is 26.2. The number of nitrogens with two attached hydrogens (primary N) is 1. The number of piperidine rings is 1. The Morgan fingerprint density at radius 2 is 1.58 bits per heavy atom. The molecule has 0 radical (unpaired) electrons. The highest BCUT2D eigenvalue weighted by atomic mass is 16.7. The molecular weight excluding hydrogens is 460 g/mol. The fourth-order valence-electron chi connectivity index (χ4n) is 5.06. The van der Waals surface area contributed by atoms with Gasteiger partial charge in [0.05, 0.1) is 7.11 Å². The first-order valence-electron chi connectivity index (χ1n) is 13.1. The minimum atomic E-state index is -0.119. The first kappa shape index (κ1) is 27.7. The van der Waals surface area contributed by atoms with Crippen LogP contribution in [0.15, 0.2) is 24.3 Å². The van der Waals surface area contributed by atoms with Crippen molar-refractivity contribution in [2.24, 2.45) is 11.8 Å².